The molecule has 1 rings (SSSR count). The predicted molar refractivity (Wildman–Crippen MR) is 105 cm³/mol. The number of hydrogen-bond donors (Lipinski definition) is 7. The van der Waals surface area contributed by atoms with Gasteiger partial charge in [-0.25, -0.2) is 4.79 Å². The lowest BCUT2D eigenvalue weighted by Gasteiger charge is -2.28. The normalized spacial score (nSPS) is 18.3. The van der Waals surface area contributed by atoms with Crippen LogP contribution in [0, 0.1) is 0 Å². The van der Waals surface area contributed by atoms with Gasteiger partial charge in [0.2, 0.25) is 17.7 Å². The van der Waals surface area contributed by atoms with Crippen LogP contribution in [0.1, 0.15) is 38.5 Å². The van der Waals surface area contributed by atoms with E-state index in [1.165, 1.54) is 0 Å². The van der Waals surface area contributed by atoms with E-state index in [4.69, 9.17) is 15.9 Å². The van der Waals surface area contributed by atoms with Crippen LogP contribution in [-0.2, 0) is 28.8 Å². The summed E-state index contributed by atoms with van der Waals surface area (Å²) < 4.78 is 0. The Balaban J connectivity index is 2.87. The number of nitrogens with two attached hydrogens (primary N) is 1. The zero-order valence-corrected chi connectivity index (χ0v) is 17.2. The Morgan fingerprint density at radius 1 is 0.906 bits per heavy atom. The minimum Gasteiger partial charge on any atom is -0.481 e. The molecule has 1 saturated heterocycles. The SMILES string of the molecule is NC(CCC(=O)O)C(=O)NC(CCC(=O)O)C(=O)NC(CO)C(=O)N1CCCC1C(=O)O. The molecule has 1 fully saturated rings. The maximum Gasteiger partial charge on any atom is 0.326 e. The molecule has 1 aliphatic rings. The zero-order chi connectivity index (χ0) is 24.4. The van der Waals surface area contributed by atoms with Crippen LogP contribution in [0.25, 0.3) is 0 Å². The van der Waals surface area contributed by atoms with Crippen molar-refractivity contribution in [1.29, 1.82) is 0 Å². The van der Waals surface area contributed by atoms with E-state index in [2.05, 4.69) is 10.6 Å². The molecule has 14 heteroatoms. The van der Waals surface area contributed by atoms with Gasteiger partial charge in [-0.2, -0.15) is 0 Å². The van der Waals surface area contributed by atoms with Crippen LogP contribution in [0.5, 0.6) is 0 Å². The third-order valence-electron chi connectivity index (χ3n) is 4.90. The molecule has 32 heavy (non-hydrogen) atoms. The summed E-state index contributed by atoms with van der Waals surface area (Å²) in [4.78, 5) is 71.3. The highest BCUT2D eigenvalue weighted by Crippen LogP contribution is 2.18. The van der Waals surface area contributed by atoms with Crippen molar-refractivity contribution < 1.29 is 49.2 Å². The fourth-order valence-electron chi connectivity index (χ4n) is 3.17. The monoisotopic (exact) mass is 460 g/mol. The number of likely N-dealkylation sites (tertiary alicyclic amines) is 1. The summed E-state index contributed by atoms with van der Waals surface area (Å²) in [5.41, 5.74) is 5.59. The van der Waals surface area contributed by atoms with Crippen LogP contribution in [0.4, 0.5) is 0 Å². The number of hydrogen-bond acceptors (Lipinski definition) is 8. The molecule has 3 amide bonds. The molecular formula is C18H28N4O10. The summed E-state index contributed by atoms with van der Waals surface area (Å²) in [7, 11) is 0. The Hall–Kier alpha value is -3.26. The van der Waals surface area contributed by atoms with E-state index in [9.17, 15) is 39.0 Å². The molecule has 1 aliphatic heterocycles. The minimum absolute atomic E-state index is 0.125. The van der Waals surface area contributed by atoms with Gasteiger partial charge in [-0.15, -0.1) is 0 Å². The number of rotatable bonds is 13. The quantitative estimate of drug-likeness (QED) is 0.147. The highest BCUT2D eigenvalue weighted by Gasteiger charge is 2.38. The van der Waals surface area contributed by atoms with Gasteiger partial charge in [0.1, 0.15) is 18.1 Å². The summed E-state index contributed by atoms with van der Waals surface area (Å²) in [6.45, 7) is -0.731. The first-order valence-electron chi connectivity index (χ1n) is 9.92. The summed E-state index contributed by atoms with van der Waals surface area (Å²) in [5, 5.41) is 40.8. The van der Waals surface area contributed by atoms with E-state index in [1.807, 2.05) is 0 Å². The third kappa shape index (κ3) is 8.11. The second kappa shape index (κ2) is 12.6. The molecule has 0 spiro atoms. The van der Waals surface area contributed by atoms with Gasteiger partial charge in [-0.1, -0.05) is 0 Å². The van der Waals surface area contributed by atoms with Gasteiger partial charge in [-0.05, 0) is 25.7 Å². The third-order valence-corrected chi connectivity index (χ3v) is 4.90. The molecule has 1 heterocycles. The van der Waals surface area contributed by atoms with Crippen molar-refractivity contribution in [2.45, 2.75) is 62.7 Å². The highest BCUT2D eigenvalue weighted by atomic mass is 16.4. The fourth-order valence-corrected chi connectivity index (χ4v) is 3.17. The van der Waals surface area contributed by atoms with Crippen molar-refractivity contribution in [1.82, 2.24) is 15.5 Å². The molecule has 180 valence electrons. The maximum atomic E-state index is 12.6. The largest absolute Gasteiger partial charge is 0.481 e. The number of aliphatic hydroxyl groups is 1. The van der Waals surface area contributed by atoms with Gasteiger partial charge in [0.25, 0.3) is 0 Å². The molecule has 0 aromatic carbocycles. The number of carboxylic acid groups (broad SMARTS) is 3. The first-order chi connectivity index (χ1) is 15.0. The molecule has 14 nitrogen and oxygen atoms in total. The summed E-state index contributed by atoms with van der Waals surface area (Å²) >= 11 is 0. The molecule has 8 N–H and O–H groups in total. The molecule has 4 atom stereocenters. The van der Waals surface area contributed by atoms with E-state index in [-0.39, 0.29) is 25.8 Å². The van der Waals surface area contributed by atoms with Gasteiger partial charge in [-0.3, -0.25) is 24.0 Å². The highest BCUT2D eigenvalue weighted by molar-refractivity contribution is 5.94. The predicted octanol–water partition coefficient (Wildman–Crippen LogP) is -2.92. The number of aliphatic hydroxyl groups excluding tert-OH is 1. The number of aliphatic carboxylic acids is 3. The average Bonchev–Trinajstić information content (AvgIpc) is 3.22. The lowest BCUT2D eigenvalue weighted by atomic mass is 10.1. The molecule has 0 radical (unpaired) electrons. The number of nitrogens with one attached hydrogen (secondary N) is 2. The number of carboxylic acids is 3. The van der Waals surface area contributed by atoms with Crippen LogP contribution in [0.3, 0.4) is 0 Å². The van der Waals surface area contributed by atoms with Gasteiger partial charge in [0.15, 0.2) is 0 Å². The van der Waals surface area contributed by atoms with Gasteiger partial charge >= 0.3 is 17.9 Å². The van der Waals surface area contributed by atoms with E-state index in [0.29, 0.717) is 6.42 Å². The Bertz CT molecular complexity index is 743. The van der Waals surface area contributed by atoms with Crippen molar-refractivity contribution in [3.8, 4) is 0 Å². The van der Waals surface area contributed by atoms with Gasteiger partial charge in [0, 0.05) is 19.4 Å². The van der Waals surface area contributed by atoms with Crippen LogP contribution in [-0.4, -0.2) is 98.3 Å². The Labute approximate surface area is 182 Å². The molecular weight excluding hydrogens is 432 g/mol. The van der Waals surface area contributed by atoms with Crippen LogP contribution in [0.2, 0.25) is 0 Å². The van der Waals surface area contributed by atoms with Crippen molar-refractivity contribution in [2.75, 3.05) is 13.2 Å². The van der Waals surface area contributed by atoms with E-state index in [1.54, 1.807) is 0 Å². The summed E-state index contributed by atoms with van der Waals surface area (Å²) in [6, 6.07) is -5.32. The standard InChI is InChI=1S/C18H28N4O10/c19-9(3-5-13(24)25)15(28)20-10(4-6-14(26)27)16(29)21-11(8-23)17(30)22-7-1-2-12(22)18(31)32/h9-12,23H,1-8,19H2,(H,20,28)(H,21,29)(H,24,25)(H,26,27)(H,31,32). The minimum atomic E-state index is -1.51. The zero-order valence-electron chi connectivity index (χ0n) is 17.2. The molecule has 0 aromatic heterocycles. The van der Waals surface area contributed by atoms with E-state index < -0.39 is 79.2 Å². The van der Waals surface area contributed by atoms with Crippen molar-refractivity contribution in [2.24, 2.45) is 5.73 Å². The molecule has 4 unspecified atom stereocenters. The first-order valence-corrected chi connectivity index (χ1v) is 9.92. The molecule has 0 aliphatic carbocycles. The Morgan fingerprint density at radius 2 is 1.47 bits per heavy atom. The number of carbonyl (C=O) groups excluding carboxylic acids is 3. The van der Waals surface area contributed by atoms with Crippen LogP contribution in [0.15, 0.2) is 0 Å². The smallest absolute Gasteiger partial charge is 0.326 e. The van der Waals surface area contributed by atoms with Crippen LogP contribution >= 0.6 is 0 Å². The molecule has 0 aromatic rings. The topological polar surface area (TPSA) is 237 Å². The second-order valence-electron chi connectivity index (χ2n) is 7.30. The number of nitrogens with zero attached hydrogens (tertiary/aromatic N) is 1. The second-order valence-corrected chi connectivity index (χ2v) is 7.30. The Kier molecular flexibility index (Phi) is 10.5. The number of carbonyl (C=O) groups is 6. The molecule has 0 bridgehead atoms. The average molecular weight is 460 g/mol. The van der Waals surface area contributed by atoms with E-state index in [0.717, 1.165) is 4.90 Å². The Morgan fingerprint density at radius 3 is 2.00 bits per heavy atom. The summed E-state index contributed by atoms with van der Waals surface area (Å²) in [6.07, 6.45) is -0.862. The van der Waals surface area contributed by atoms with Crippen LogP contribution < -0.4 is 16.4 Å². The van der Waals surface area contributed by atoms with Crippen molar-refractivity contribution in [3.63, 3.8) is 0 Å². The maximum absolute atomic E-state index is 12.6. The van der Waals surface area contributed by atoms with E-state index >= 15 is 0 Å². The summed E-state index contributed by atoms with van der Waals surface area (Å²) in [5.74, 6) is -6.37. The van der Waals surface area contributed by atoms with Gasteiger partial charge < -0.3 is 41.7 Å². The van der Waals surface area contributed by atoms with Crippen molar-refractivity contribution >= 4 is 35.6 Å². The first kappa shape index (κ1) is 26.8. The number of amides is 3. The fraction of sp³-hybridized carbons (Fsp3) is 0.667. The lowest BCUT2D eigenvalue weighted by Crippen LogP contribution is -2.58. The van der Waals surface area contributed by atoms with Crippen molar-refractivity contribution in [3.05, 3.63) is 0 Å². The lowest BCUT2D eigenvalue weighted by molar-refractivity contribution is -0.150. The molecule has 0 saturated carbocycles. The van der Waals surface area contributed by atoms with Gasteiger partial charge in [0.05, 0.1) is 12.6 Å².